The number of guanidine groups is 1. The summed E-state index contributed by atoms with van der Waals surface area (Å²) in [6.45, 7) is 6.09. The molecule has 5 nitrogen and oxygen atoms in total. The van der Waals surface area contributed by atoms with E-state index in [-0.39, 0.29) is 0 Å². The van der Waals surface area contributed by atoms with Crippen LogP contribution in [0.2, 0.25) is 0 Å². The standard InChI is InChI=1S/C21H26N4O/c1-4-10-26-20-11-16(2)8-9-19(20)15-25-21(23-3)24-14-18-7-5-6-17(12-18)13-22/h5-9,11-12H,4,10,14-15H2,1-3H3,(H2,23,24,25). The lowest BCUT2D eigenvalue weighted by molar-refractivity contribution is 0.313. The van der Waals surface area contributed by atoms with Gasteiger partial charge in [0.2, 0.25) is 0 Å². The molecule has 0 spiro atoms. The number of nitrogens with zero attached hydrogens (tertiary/aromatic N) is 2. The van der Waals surface area contributed by atoms with E-state index in [0.29, 0.717) is 31.2 Å². The molecule has 0 heterocycles. The minimum absolute atomic E-state index is 0.599. The van der Waals surface area contributed by atoms with Gasteiger partial charge < -0.3 is 15.4 Å². The van der Waals surface area contributed by atoms with Crippen LogP contribution in [0, 0.1) is 18.3 Å². The average molecular weight is 350 g/mol. The van der Waals surface area contributed by atoms with Crippen molar-refractivity contribution in [3.8, 4) is 11.8 Å². The monoisotopic (exact) mass is 350 g/mol. The van der Waals surface area contributed by atoms with Crippen molar-refractivity contribution in [2.24, 2.45) is 4.99 Å². The summed E-state index contributed by atoms with van der Waals surface area (Å²) in [6.07, 6.45) is 0.978. The first kappa shape index (κ1) is 19.3. The van der Waals surface area contributed by atoms with Gasteiger partial charge in [-0.1, -0.05) is 31.2 Å². The molecule has 2 rings (SSSR count). The predicted octanol–water partition coefficient (Wildman–Crippen LogP) is 3.52. The number of ether oxygens (including phenoxy) is 1. The molecular weight excluding hydrogens is 324 g/mol. The van der Waals surface area contributed by atoms with Crippen LogP contribution in [0.1, 0.15) is 35.6 Å². The van der Waals surface area contributed by atoms with Gasteiger partial charge in [0.25, 0.3) is 0 Å². The van der Waals surface area contributed by atoms with Crippen LogP contribution in [0.5, 0.6) is 5.75 Å². The Morgan fingerprint density at radius 3 is 2.69 bits per heavy atom. The normalized spacial score (nSPS) is 10.9. The van der Waals surface area contributed by atoms with Crippen molar-refractivity contribution in [3.63, 3.8) is 0 Å². The van der Waals surface area contributed by atoms with E-state index in [9.17, 15) is 0 Å². The summed E-state index contributed by atoms with van der Waals surface area (Å²) in [4.78, 5) is 4.26. The van der Waals surface area contributed by atoms with Crippen molar-refractivity contribution >= 4 is 5.96 Å². The Hall–Kier alpha value is -3.00. The van der Waals surface area contributed by atoms with Gasteiger partial charge >= 0.3 is 0 Å². The molecule has 0 fully saturated rings. The first-order valence-corrected chi connectivity index (χ1v) is 8.82. The number of aliphatic imine (C=N–C) groups is 1. The third kappa shape index (κ3) is 5.82. The minimum Gasteiger partial charge on any atom is -0.493 e. The van der Waals surface area contributed by atoms with Crippen LogP contribution in [-0.2, 0) is 13.1 Å². The first-order valence-electron chi connectivity index (χ1n) is 8.82. The minimum atomic E-state index is 0.599. The number of aryl methyl sites for hydroxylation is 1. The summed E-state index contributed by atoms with van der Waals surface area (Å²) in [5.74, 6) is 1.62. The maximum Gasteiger partial charge on any atom is 0.191 e. The molecular formula is C21H26N4O. The number of hydrogen-bond acceptors (Lipinski definition) is 3. The third-order valence-electron chi connectivity index (χ3n) is 3.87. The molecule has 136 valence electrons. The highest BCUT2D eigenvalue weighted by atomic mass is 16.5. The Kier molecular flexibility index (Phi) is 7.50. The molecule has 0 atom stereocenters. The summed E-state index contributed by atoms with van der Waals surface area (Å²) in [5, 5.41) is 15.6. The smallest absolute Gasteiger partial charge is 0.191 e. The number of hydrogen-bond donors (Lipinski definition) is 2. The lowest BCUT2D eigenvalue weighted by atomic mass is 10.1. The van der Waals surface area contributed by atoms with Crippen molar-refractivity contribution < 1.29 is 4.74 Å². The molecule has 0 bridgehead atoms. The fourth-order valence-electron chi connectivity index (χ4n) is 2.49. The van der Waals surface area contributed by atoms with Gasteiger partial charge in [-0.25, -0.2) is 0 Å². The van der Waals surface area contributed by atoms with Crippen molar-refractivity contribution in [2.45, 2.75) is 33.4 Å². The first-order chi connectivity index (χ1) is 12.7. The second kappa shape index (κ2) is 10.1. The van der Waals surface area contributed by atoms with E-state index in [1.165, 1.54) is 5.56 Å². The quantitative estimate of drug-likeness (QED) is 0.592. The molecule has 0 saturated carbocycles. The van der Waals surface area contributed by atoms with Crippen LogP contribution in [0.4, 0.5) is 0 Å². The molecule has 0 radical (unpaired) electrons. The predicted molar refractivity (Wildman–Crippen MR) is 105 cm³/mol. The van der Waals surface area contributed by atoms with Crippen molar-refractivity contribution in [1.82, 2.24) is 10.6 Å². The van der Waals surface area contributed by atoms with E-state index < -0.39 is 0 Å². The van der Waals surface area contributed by atoms with Crippen LogP contribution in [0.25, 0.3) is 0 Å². The molecule has 0 aromatic heterocycles. The van der Waals surface area contributed by atoms with Crippen LogP contribution in [0.15, 0.2) is 47.5 Å². The third-order valence-corrected chi connectivity index (χ3v) is 3.87. The SMILES string of the molecule is CCCOc1cc(C)ccc1CNC(=NC)NCc1cccc(C#N)c1. The number of nitriles is 1. The van der Waals surface area contributed by atoms with E-state index in [1.54, 1.807) is 13.1 Å². The van der Waals surface area contributed by atoms with Crippen LogP contribution in [0.3, 0.4) is 0 Å². The number of benzene rings is 2. The Balaban J connectivity index is 1.95. The van der Waals surface area contributed by atoms with Gasteiger partial charge in [-0.15, -0.1) is 0 Å². The molecule has 0 unspecified atom stereocenters. The summed E-state index contributed by atoms with van der Waals surface area (Å²) in [6, 6.07) is 15.9. The summed E-state index contributed by atoms with van der Waals surface area (Å²) in [7, 11) is 1.74. The van der Waals surface area contributed by atoms with Gasteiger partial charge in [0, 0.05) is 25.7 Å². The molecule has 5 heteroatoms. The zero-order valence-electron chi connectivity index (χ0n) is 15.7. The average Bonchev–Trinajstić information content (AvgIpc) is 2.67. The fourth-order valence-corrected chi connectivity index (χ4v) is 2.49. The molecule has 0 aliphatic rings. The highest BCUT2D eigenvalue weighted by Crippen LogP contribution is 2.20. The summed E-state index contributed by atoms with van der Waals surface area (Å²) >= 11 is 0. The van der Waals surface area contributed by atoms with Crippen molar-refractivity contribution in [3.05, 3.63) is 64.7 Å². The Labute approximate surface area is 155 Å². The molecule has 0 aliphatic carbocycles. The van der Waals surface area contributed by atoms with Gasteiger partial charge in [-0.2, -0.15) is 5.26 Å². The molecule has 0 amide bonds. The zero-order chi connectivity index (χ0) is 18.8. The Bertz CT molecular complexity index is 793. The lowest BCUT2D eigenvalue weighted by Crippen LogP contribution is -2.36. The maximum absolute atomic E-state index is 8.98. The van der Waals surface area contributed by atoms with Gasteiger partial charge in [0.05, 0.1) is 18.2 Å². The van der Waals surface area contributed by atoms with E-state index >= 15 is 0 Å². The van der Waals surface area contributed by atoms with Gasteiger partial charge in [0.15, 0.2) is 5.96 Å². The zero-order valence-corrected chi connectivity index (χ0v) is 15.7. The Morgan fingerprint density at radius 1 is 1.15 bits per heavy atom. The van der Waals surface area contributed by atoms with Crippen molar-refractivity contribution in [2.75, 3.05) is 13.7 Å². The van der Waals surface area contributed by atoms with E-state index in [4.69, 9.17) is 10.00 Å². The van der Waals surface area contributed by atoms with Crippen LogP contribution < -0.4 is 15.4 Å². The molecule has 0 saturated heterocycles. The van der Waals surface area contributed by atoms with Gasteiger partial charge in [-0.05, 0) is 42.7 Å². The summed E-state index contributed by atoms with van der Waals surface area (Å²) < 4.78 is 5.86. The van der Waals surface area contributed by atoms with Crippen LogP contribution >= 0.6 is 0 Å². The second-order valence-electron chi connectivity index (χ2n) is 6.05. The number of rotatable bonds is 7. The summed E-state index contributed by atoms with van der Waals surface area (Å²) in [5.41, 5.74) is 3.97. The lowest BCUT2D eigenvalue weighted by Gasteiger charge is -2.15. The molecule has 2 aromatic carbocycles. The van der Waals surface area contributed by atoms with Crippen LogP contribution in [-0.4, -0.2) is 19.6 Å². The van der Waals surface area contributed by atoms with Gasteiger partial charge in [-0.3, -0.25) is 4.99 Å². The highest BCUT2D eigenvalue weighted by Gasteiger charge is 2.06. The fraction of sp³-hybridized carbons (Fsp3) is 0.333. The molecule has 0 aliphatic heterocycles. The van der Waals surface area contributed by atoms with E-state index in [2.05, 4.69) is 53.7 Å². The van der Waals surface area contributed by atoms with Gasteiger partial charge in [0.1, 0.15) is 5.75 Å². The molecule has 2 aromatic rings. The van der Waals surface area contributed by atoms with E-state index in [1.807, 2.05) is 18.2 Å². The largest absolute Gasteiger partial charge is 0.493 e. The molecule has 2 N–H and O–H groups in total. The van der Waals surface area contributed by atoms with E-state index in [0.717, 1.165) is 23.3 Å². The number of nitrogens with one attached hydrogen (secondary N) is 2. The second-order valence-corrected chi connectivity index (χ2v) is 6.05. The van der Waals surface area contributed by atoms with Crippen molar-refractivity contribution in [1.29, 1.82) is 5.26 Å². The maximum atomic E-state index is 8.98. The topological polar surface area (TPSA) is 69.4 Å². The Morgan fingerprint density at radius 2 is 1.96 bits per heavy atom. The molecule has 26 heavy (non-hydrogen) atoms. The highest BCUT2D eigenvalue weighted by molar-refractivity contribution is 5.79.